The van der Waals surface area contributed by atoms with Crippen molar-refractivity contribution in [3.63, 3.8) is 0 Å². The smallest absolute Gasteiger partial charge is 0.246 e. The van der Waals surface area contributed by atoms with Gasteiger partial charge in [0.15, 0.2) is 17.3 Å². The summed E-state index contributed by atoms with van der Waals surface area (Å²) in [5, 5.41) is 8.22. The topological polar surface area (TPSA) is 86.3 Å². The number of pyridine rings is 1. The summed E-state index contributed by atoms with van der Waals surface area (Å²) in [6.45, 7) is 2.91. The minimum absolute atomic E-state index is 0.107. The van der Waals surface area contributed by atoms with E-state index in [9.17, 15) is 8.42 Å². The van der Waals surface area contributed by atoms with E-state index in [1.54, 1.807) is 12.3 Å². The number of unbranched alkanes of at least 4 members (excludes halogenated alkanes) is 3. The number of aromatic nitrogens is 1. The van der Waals surface area contributed by atoms with Crippen molar-refractivity contribution in [1.82, 2.24) is 0 Å². The fourth-order valence-electron chi connectivity index (χ4n) is 1.57. The average Bonchev–Trinajstić information content (AvgIpc) is 2.28. The van der Waals surface area contributed by atoms with Crippen molar-refractivity contribution in [3.8, 4) is 0 Å². The first kappa shape index (κ1) is 13.9. The van der Waals surface area contributed by atoms with Gasteiger partial charge in [0.2, 0.25) is 10.0 Å². The Bertz CT molecular complexity index is 446. The SMILES string of the molecule is CCCCCCNc1cc[nH+]cc1S(N)(=O)=O. The highest BCUT2D eigenvalue weighted by molar-refractivity contribution is 7.89. The van der Waals surface area contributed by atoms with Gasteiger partial charge < -0.3 is 5.32 Å². The largest absolute Gasteiger partial charge is 0.384 e. The fourth-order valence-corrected chi connectivity index (χ4v) is 2.25. The second-order valence-electron chi connectivity index (χ2n) is 3.95. The molecule has 17 heavy (non-hydrogen) atoms. The summed E-state index contributed by atoms with van der Waals surface area (Å²) in [5.41, 5.74) is 0.558. The Morgan fingerprint density at radius 1 is 1.35 bits per heavy atom. The Kier molecular flexibility index (Phi) is 5.37. The van der Waals surface area contributed by atoms with Gasteiger partial charge in [-0.3, -0.25) is 0 Å². The second kappa shape index (κ2) is 6.56. The van der Waals surface area contributed by atoms with Crippen molar-refractivity contribution in [2.75, 3.05) is 11.9 Å². The Balaban J connectivity index is 2.59. The number of hydrogen-bond acceptors (Lipinski definition) is 3. The molecule has 1 aromatic heterocycles. The van der Waals surface area contributed by atoms with Gasteiger partial charge in [-0.15, -0.1) is 0 Å². The minimum atomic E-state index is -3.67. The molecule has 0 fully saturated rings. The molecule has 4 N–H and O–H groups in total. The van der Waals surface area contributed by atoms with Crippen LogP contribution in [0.5, 0.6) is 0 Å². The van der Waals surface area contributed by atoms with Gasteiger partial charge in [0, 0.05) is 12.6 Å². The van der Waals surface area contributed by atoms with Crippen LogP contribution in [0.1, 0.15) is 32.6 Å². The molecular formula is C11H20N3O2S+. The van der Waals surface area contributed by atoms with Crippen LogP contribution in [0.2, 0.25) is 0 Å². The lowest BCUT2D eigenvalue weighted by Gasteiger charge is -2.07. The van der Waals surface area contributed by atoms with Gasteiger partial charge in [-0.05, 0) is 6.42 Å². The Labute approximate surface area is 102 Å². The number of hydrogen-bond donors (Lipinski definition) is 2. The number of sulfonamides is 1. The monoisotopic (exact) mass is 258 g/mol. The van der Waals surface area contributed by atoms with Crippen molar-refractivity contribution >= 4 is 15.7 Å². The minimum Gasteiger partial charge on any atom is -0.384 e. The van der Waals surface area contributed by atoms with E-state index in [4.69, 9.17) is 5.14 Å². The molecule has 0 spiro atoms. The fraction of sp³-hybridized carbons (Fsp3) is 0.545. The van der Waals surface area contributed by atoms with Gasteiger partial charge >= 0.3 is 0 Å². The highest BCUT2D eigenvalue weighted by atomic mass is 32.2. The lowest BCUT2D eigenvalue weighted by molar-refractivity contribution is -0.380. The van der Waals surface area contributed by atoms with E-state index in [1.807, 2.05) is 0 Å². The number of rotatable bonds is 7. The predicted octanol–water partition coefficient (Wildman–Crippen LogP) is 1.14. The van der Waals surface area contributed by atoms with Crippen LogP contribution in [-0.2, 0) is 10.0 Å². The van der Waals surface area contributed by atoms with Crippen molar-refractivity contribution < 1.29 is 13.4 Å². The molecule has 0 atom stereocenters. The first-order chi connectivity index (χ1) is 8.05. The molecule has 0 aromatic carbocycles. The van der Waals surface area contributed by atoms with Gasteiger partial charge in [-0.2, -0.15) is 0 Å². The second-order valence-corrected chi connectivity index (χ2v) is 5.48. The van der Waals surface area contributed by atoms with E-state index in [0.29, 0.717) is 5.69 Å². The van der Waals surface area contributed by atoms with Gasteiger partial charge in [0.05, 0.1) is 5.69 Å². The van der Waals surface area contributed by atoms with Crippen LogP contribution in [0.3, 0.4) is 0 Å². The summed E-state index contributed by atoms with van der Waals surface area (Å²) in [7, 11) is -3.67. The number of nitrogens with two attached hydrogens (primary N) is 1. The van der Waals surface area contributed by atoms with Crippen LogP contribution in [0.4, 0.5) is 5.69 Å². The Morgan fingerprint density at radius 3 is 2.76 bits per heavy atom. The highest BCUT2D eigenvalue weighted by Gasteiger charge is 2.16. The quantitative estimate of drug-likeness (QED) is 0.719. The zero-order valence-corrected chi connectivity index (χ0v) is 10.9. The third kappa shape index (κ3) is 4.70. The van der Waals surface area contributed by atoms with Crippen molar-refractivity contribution in [3.05, 3.63) is 18.5 Å². The van der Waals surface area contributed by atoms with Crippen LogP contribution < -0.4 is 15.4 Å². The molecule has 5 nitrogen and oxygen atoms in total. The van der Waals surface area contributed by atoms with Crippen molar-refractivity contribution in [2.24, 2.45) is 5.14 Å². The molecule has 96 valence electrons. The van der Waals surface area contributed by atoms with Crippen molar-refractivity contribution in [2.45, 2.75) is 37.5 Å². The lowest BCUT2D eigenvalue weighted by Crippen LogP contribution is -2.18. The van der Waals surface area contributed by atoms with E-state index in [-0.39, 0.29) is 4.90 Å². The van der Waals surface area contributed by atoms with E-state index in [0.717, 1.165) is 19.4 Å². The predicted molar refractivity (Wildman–Crippen MR) is 67.0 cm³/mol. The molecule has 0 bridgehead atoms. The summed E-state index contributed by atoms with van der Waals surface area (Å²) in [6.07, 6.45) is 7.62. The summed E-state index contributed by atoms with van der Waals surface area (Å²) in [5.74, 6) is 0. The van der Waals surface area contributed by atoms with E-state index in [1.165, 1.54) is 19.0 Å². The zero-order chi connectivity index (χ0) is 12.7. The number of nitrogens with one attached hydrogen (secondary N) is 2. The molecule has 0 aliphatic carbocycles. The highest BCUT2D eigenvalue weighted by Crippen LogP contribution is 2.16. The molecule has 0 saturated heterocycles. The summed E-state index contributed by atoms with van der Waals surface area (Å²) in [4.78, 5) is 2.83. The maximum absolute atomic E-state index is 11.3. The summed E-state index contributed by atoms with van der Waals surface area (Å²) >= 11 is 0. The standard InChI is InChI=1S/C11H19N3O2S/c1-2-3-4-5-7-14-10-6-8-13-9-11(10)17(12,15)16/h6,8-9H,2-5,7H2,1H3,(H,13,14)(H2,12,15,16)/p+1. The first-order valence-electron chi connectivity index (χ1n) is 5.82. The molecule has 6 heteroatoms. The lowest BCUT2D eigenvalue weighted by atomic mass is 10.2. The van der Waals surface area contributed by atoms with Crippen LogP contribution in [0.15, 0.2) is 23.4 Å². The molecule has 1 rings (SSSR count). The zero-order valence-electron chi connectivity index (χ0n) is 10.1. The van der Waals surface area contributed by atoms with E-state index >= 15 is 0 Å². The molecule has 0 saturated carbocycles. The van der Waals surface area contributed by atoms with E-state index in [2.05, 4.69) is 17.2 Å². The molecule has 0 amide bonds. The van der Waals surface area contributed by atoms with Crippen LogP contribution >= 0.6 is 0 Å². The summed E-state index contributed by atoms with van der Waals surface area (Å²) < 4.78 is 22.6. The molecule has 0 aliphatic heterocycles. The Hall–Kier alpha value is -1.14. The van der Waals surface area contributed by atoms with Gasteiger partial charge in [-0.25, -0.2) is 18.5 Å². The first-order valence-corrected chi connectivity index (χ1v) is 7.37. The van der Waals surface area contributed by atoms with Gasteiger partial charge in [0.25, 0.3) is 0 Å². The molecular weight excluding hydrogens is 238 g/mol. The van der Waals surface area contributed by atoms with Crippen LogP contribution in [0.25, 0.3) is 0 Å². The number of primary sulfonamides is 1. The Morgan fingerprint density at radius 2 is 2.12 bits per heavy atom. The van der Waals surface area contributed by atoms with Crippen LogP contribution in [0, 0.1) is 0 Å². The van der Waals surface area contributed by atoms with Crippen molar-refractivity contribution in [1.29, 1.82) is 0 Å². The molecule has 0 radical (unpaired) electrons. The third-order valence-electron chi connectivity index (χ3n) is 2.48. The average molecular weight is 258 g/mol. The number of H-pyrrole nitrogens is 1. The third-order valence-corrected chi connectivity index (χ3v) is 3.43. The number of aromatic amines is 1. The summed E-state index contributed by atoms with van der Waals surface area (Å²) in [6, 6.07) is 1.68. The van der Waals surface area contributed by atoms with E-state index < -0.39 is 10.0 Å². The molecule has 1 heterocycles. The van der Waals surface area contributed by atoms with Gasteiger partial charge in [-0.1, -0.05) is 26.2 Å². The van der Waals surface area contributed by atoms with Crippen LogP contribution in [-0.4, -0.2) is 15.0 Å². The normalized spacial score (nSPS) is 11.4. The number of anilines is 1. The maximum atomic E-state index is 11.3. The molecule has 1 aromatic rings. The maximum Gasteiger partial charge on any atom is 0.246 e. The molecule has 0 aliphatic rings. The van der Waals surface area contributed by atoms with Gasteiger partial charge in [0.1, 0.15) is 0 Å². The molecule has 0 unspecified atom stereocenters.